The fourth-order valence-corrected chi connectivity index (χ4v) is 2.19. The van der Waals surface area contributed by atoms with Crippen LogP contribution < -0.4 is 11.1 Å². The lowest BCUT2D eigenvalue weighted by Crippen LogP contribution is -2.49. The lowest BCUT2D eigenvalue weighted by molar-refractivity contribution is -0.126. The molecule has 0 saturated carbocycles. The second-order valence-corrected chi connectivity index (χ2v) is 4.53. The topological polar surface area (TPSA) is 90.1 Å². The first-order valence-electron chi connectivity index (χ1n) is 5.61. The number of aromatic nitrogens is 2. The van der Waals surface area contributed by atoms with Crippen molar-refractivity contribution in [2.75, 3.05) is 18.5 Å². The van der Waals surface area contributed by atoms with Gasteiger partial charge in [0.1, 0.15) is 5.41 Å². The van der Waals surface area contributed by atoms with Crippen molar-refractivity contribution in [3.63, 3.8) is 0 Å². The van der Waals surface area contributed by atoms with Crippen molar-refractivity contribution >= 4 is 29.1 Å². The van der Waals surface area contributed by atoms with E-state index in [9.17, 15) is 4.79 Å². The number of carbonyl (C=O) groups is 1. The molecule has 1 aromatic heterocycles. The second kappa shape index (κ2) is 5.36. The number of nitrogens with zero attached hydrogens (tertiary/aromatic N) is 2. The van der Waals surface area contributed by atoms with Crippen molar-refractivity contribution in [1.29, 1.82) is 0 Å². The van der Waals surface area contributed by atoms with Crippen molar-refractivity contribution in [2.45, 2.75) is 12.8 Å². The van der Waals surface area contributed by atoms with Gasteiger partial charge in [-0.15, -0.1) is 0 Å². The number of hydrogen-bond acceptors (Lipinski definition) is 5. The molecule has 1 aromatic rings. The fraction of sp³-hybridized carbons (Fsp3) is 0.455. The maximum absolute atomic E-state index is 12.3. The lowest BCUT2D eigenvalue weighted by atomic mass is 9.79. The van der Waals surface area contributed by atoms with Gasteiger partial charge in [0.05, 0.1) is 4.99 Å². The van der Waals surface area contributed by atoms with E-state index in [2.05, 4.69) is 15.3 Å². The maximum atomic E-state index is 12.3. The number of thiocarbonyl (C=S) groups is 1. The van der Waals surface area contributed by atoms with Gasteiger partial charge in [0.25, 0.3) is 0 Å². The van der Waals surface area contributed by atoms with Gasteiger partial charge in [0.15, 0.2) is 0 Å². The number of ether oxygens (including phenoxy) is 1. The highest BCUT2D eigenvalue weighted by atomic mass is 32.1. The smallest absolute Gasteiger partial charge is 0.239 e. The van der Waals surface area contributed by atoms with Gasteiger partial charge in [-0.3, -0.25) is 10.1 Å². The molecule has 3 N–H and O–H groups in total. The molecule has 6 nitrogen and oxygen atoms in total. The molecule has 2 rings (SSSR count). The Balaban J connectivity index is 2.16. The number of nitrogens with one attached hydrogen (secondary N) is 1. The van der Waals surface area contributed by atoms with Crippen molar-refractivity contribution in [2.24, 2.45) is 11.1 Å². The summed E-state index contributed by atoms with van der Waals surface area (Å²) in [4.78, 5) is 20.4. The van der Waals surface area contributed by atoms with Gasteiger partial charge in [0, 0.05) is 25.6 Å². The van der Waals surface area contributed by atoms with Gasteiger partial charge in [-0.1, -0.05) is 12.2 Å². The van der Waals surface area contributed by atoms with Crippen LogP contribution in [0, 0.1) is 5.41 Å². The summed E-state index contributed by atoms with van der Waals surface area (Å²) in [6.07, 6.45) is 4.09. The van der Waals surface area contributed by atoms with Gasteiger partial charge >= 0.3 is 0 Å². The lowest BCUT2D eigenvalue weighted by Gasteiger charge is -2.34. The third kappa shape index (κ3) is 2.46. The van der Waals surface area contributed by atoms with Crippen LogP contribution in [-0.2, 0) is 9.53 Å². The Morgan fingerprint density at radius 1 is 1.39 bits per heavy atom. The zero-order valence-corrected chi connectivity index (χ0v) is 10.6. The minimum absolute atomic E-state index is 0.194. The molecule has 18 heavy (non-hydrogen) atoms. The van der Waals surface area contributed by atoms with Crippen LogP contribution in [0.25, 0.3) is 0 Å². The predicted molar refractivity (Wildman–Crippen MR) is 69.9 cm³/mol. The van der Waals surface area contributed by atoms with E-state index in [1.165, 1.54) is 0 Å². The first kappa shape index (κ1) is 12.8. The number of hydrogen-bond donors (Lipinski definition) is 2. The summed E-state index contributed by atoms with van der Waals surface area (Å²) >= 11 is 5.04. The zero-order valence-electron chi connectivity index (χ0n) is 9.76. The Kier molecular flexibility index (Phi) is 3.83. The van der Waals surface area contributed by atoms with Crippen LogP contribution in [0.2, 0.25) is 0 Å². The molecule has 0 atom stereocenters. The van der Waals surface area contributed by atoms with E-state index in [4.69, 9.17) is 22.7 Å². The Bertz CT molecular complexity index is 446. The molecule has 1 aliphatic heterocycles. The molecule has 0 spiro atoms. The van der Waals surface area contributed by atoms with Crippen molar-refractivity contribution in [3.8, 4) is 0 Å². The molecule has 0 unspecified atom stereocenters. The molecule has 96 valence electrons. The van der Waals surface area contributed by atoms with Gasteiger partial charge in [-0.25, -0.2) is 9.97 Å². The molecule has 0 aliphatic carbocycles. The van der Waals surface area contributed by atoms with Crippen molar-refractivity contribution < 1.29 is 9.53 Å². The average Bonchev–Trinajstić information content (AvgIpc) is 2.40. The SMILES string of the molecule is NC(=S)C1(C(=O)Nc2ncccn2)CCOCC1. The molecule has 0 radical (unpaired) electrons. The molecule has 7 heteroatoms. The van der Waals surface area contributed by atoms with Crippen LogP contribution in [0.5, 0.6) is 0 Å². The van der Waals surface area contributed by atoms with E-state index in [1.807, 2.05) is 0 Å². The Morgan fingerprint density at radius 3 is 2.56 bits per heavy atom. The Morgan fingerprint density at radius 2 is 2.00 bits per heavy atom. The summed E-state index contributed by atoms with van der Waals surface area (Å²) in [6.45, 7) is 0.945. The summed E-state index contributed by atoms with van der Waals surface area (Å²) in [5.74, 6) is -0.00545. The summed E-state index contributed by atoms with van der Waals surface area (Å²) in [7, 11) is 0. The molecule has 1 amide bonds. The van der Waals surface area contributed by atoms with Crippen molar-refractivity contribution in [3.05, 3.63) is 18.5 Å². The van der Waals surface area contributed by atoms with Crippen LogP contribution in [0.4, 0.5) is 5.95 Å². The maximum Gasteiger partial charge on any atom is 0.239 e. The molecule has 0 bridgehead atoms. The van der Waals surface area contributed by atoms with Crippen molar-refractivity contribution in [1.82, 2.24) is 9.97 Å². The van der Waals surface area contributed by atoms with Crippen LogP contribution >= 0.6 is 12.2 Å². The first-order chi connectivity index (χ1) is 8.65. The minimum atomic E-state index is -0.854. The molecular weight excluding hydrogens is 252 g/mol. The largest absolute Gasteiger partial charge is 0.392 e. The standard InChI is InChI=1S/C11H14N4O2S/c12-8(18)11(2-6-17-7-3-11)9(16)15-10-13-4-1-5-14-10/h1,4-5H,2-3,6-7H2,(H2,12,18)(H,13,14,15,16). The van der Waals surface area contributed by atoms with Gasteiger partial charge in [-0.2, -0.15) is 0 Å². The fourth-order valence-electron chi connectivity index (χ4n) is 1.89. The quantitative estimate of drug-likeness (QED) is 0.774. The van der Waals surface area contributed by atoms with Gasteiger partial charge in [-0.05, 0) is 18.9 Å². The van der Waals surface area contributed by atoms with Crippen LogP contribution in [0.15, 0.2) is 18.5 Å². The third-order valence-electron chi connectivity index (χ3n) is 3.04. The van der Waals surface area contributed by atoms with Crippen LogP contribution in [-0.4, -0.2) is 34.1 Å². The number of rotatable bonds is 3. The van der Waals surface area contributed by atoms with E-state index in [0.717, 1.165) is 0 Å². The van der Waals surface area contributed by atoms with Gasteiger partial charge < -0.3 is 10.5 Å². The normalized spacial score (nSPS) is 18.0. The third-order valence-corrected chi connectivity index (χ3v) is 3.43. The highest BCUT2D eigenvalue weighted by Gasteiger charge is 2.43. The Labute approximate surface area is 110 Å². The Hall–Kier alpha value is -1.60. The van der Waals surface area contributed by atoms with Crippen LogP contribution in [0.3, 0.4) is 0 Å². The minimum Gasteiger partial charge on any atom is -0.392 e. The molecule has 1 fully saturated rings. The number of carbonyl (C=O) groups excluding carboxylic acids is 1. The number of amides is 1. The summed E-state index contributed by atoms with van der Waals surface area (Å²) in [6, 6.07) is 1.67. The summed E-state index contributed by atoms with van der Waals surface area (Å²) in [5, 5.41) is 2.65. The first-order valence-corrected chi connectivity index (χ1v) is 6.02. The molecule has 1 saturated heterocycles. The molecule has 0 aromatic carbocycles. The van der Waals surface area contributed by atoms with Gasteiger partial charge in [0.2, 0.25) is 11.9 Å². The highest BCUT2D eigenvalue weighted by Crippen LogP contribution is 2.32. The predicted octanol–water partition coefficient (Wildman–Crippen LogP) is 0.498. The second-order valence-electron chi connectivity index (χ2n) is 4.09. The van der Waals surface area contributed by atoms with E-state index in [1.54, 1.807) is 18.5 Å². The highest BCUT2D eigenvalue weighted by molar-refractivity contribution is 7.80. The number of nitrogens with two attached hydrogens (primary N) is 1. The zero-order chi connectivity index (χ0) is 13.0. The molecular formula is C11H14N4O2S. The van der Waals surface area contributed by atoms with E-state index in [-0.39, 0.29) is 16.8 Å². The summed E-state index contributed by atoms with van der Waals surface area (Å²) < 4.78 is 5.25. The average molecular weight is 266 g/mol. The molecule has 1 aliphatic rings. The van der Waals surface area contributed by atoms with E-state index >= 15 is 0 Å². The van der Waals surface area contributed by atoms with E-state index in [0.29, 0.717) is 26.1 Å². The summed E-state index contributed by atoms with van der Waals surface area (Å²) in [5.41, 5.74) is 4.88. The van der Waals surface area contributed by atoms with Crippen LogP contribution in [0.1, 0.15) is 12.8 Å². The molecule has 2 heterocycles. The number of anilines is 1. The van der Waals surface area contributed by atoms with E-state index < -0.39 is 5.41 Å². The monoisotopic (exact) mass is 266 g/mol.